The first-order valence-electron chi connectivity index (χ1n) is 14.6. The second-order valence-corrected chi connectivity index (χ2v) is 11.3. The molecule has 3 fully saturated rings. The van der Waals surface area contributed by atoms with Gasteiger partial charge in [-0.3, -0.25) is 9.59 Å². The SMILES string of the molecule is O=C1c2ccccc2C(=O)N1c1ccc(C2OC(CN3CCC4(CC3)OCCO4)CC(c3ccc(CO)cc3)O2)cc1. The normalized spacial score (nSPS) is 25.7. The molecule has 3 aromatic carbocycles. The van der Waals surface area contributed by atoms with Crippen LogP contribution in [0.25, 0.3) is 0 Å². The number of imide groups is 1. The minimum Gasteiger partial charge on any atom is -0.392 e. The van der Waals surface area contributed by atoms with Gasteiger partial charge in [-0.15, -0.1) is 0 Å². The highest BCUT2D eigenvalue weighted by molar-refractivity contribution is 6.34. The average molecular weight is 571 g/mol. The zero-order valence-corrected chi connectivity index (χ0v) is 23.3. The lowest BCUT2D eigenvalue weighted by Gasteiger charge is -2.41. The Morgan fingerprint density at radius 2 is 1.40 bits per heavy atom. The van der Waals surface area contributed by atoms with E-state index in [0.29, 0.717) is 36.4 Å². The van der Waals surface area contributed by atoms with E-state index in [0.717, 1.165) is 49.2 Å². The summed E-state index contributed by atoms with van der Waals surface area (Å²) in [6, 6.07) is 22.0. The molecule has 9 nitrogen and oxygen atoms in total. The van der Waals surface area contributed by atoms with Crippen molar-refractivity contribution in [3.63, 3.8) is 0 Å². The Balaban J connectivity index is 1.09. The van der Waals surface area contributed by atoms with Crippen LogP contribution in [0.3, 0.4) is 0 Å². The molecule has 7 rings (SSSR count). The van der Waals surface area contributed by atoms with E-state index in [1.54, 1.807) is 36.4 Å². The lowest BCUT2D eigenvalue weighted by molar-refractivity contribution is -0.255. The van der Waals surface area contributed by atoms with Gasteiger partial charge in [-0.25, -0.2) is 4.90 Å². The van der Waals surface area contributed by atoms with Crippen molar-refractivity contribution in [3.05, 3.63) is 101 Å². The number of hydrogen-bond donors (Lipinski definition) is 1. The molecule has 3 saturated heterocycles. The summed E-state index contributed by atoms with van der Waals surface area (Å²) in [5, 5.41) is 9.50. The van der Waals surface area contributed by atoms with Gasteiger partial charge in [0.1, 0.15) is 0 Å². The first-order chi connectivity index (χ1) is 20.5. The highest BCUT2D eigenvalue weighted by Gasteiger charge is 2.41. The lowest BCUT2D eigenvalue weighted by Crippen LogP contribution is -2.48. The second kappa shape index (κ2) is 11.3. The van der Waals surface area contributed by atoms with Gasteiger partial charge in [0.2, 0.25) is 0 Å². The Bertz CT molecular complexity index is 1410. The van der Waals surface area contributed by atoms with Gasteiger partial charge in [0.15, 0.2) is 12.1 Å². The second-order valence-electron chi connectivity index (χ2n) is 11.3. The molecule has 0 aliphatic carbocycles. The highest BCUT2D eigenvalue weighted by atomic mass is 16.7. The van der Waals surface area contributed by atoms with Gasteiger partial charge in [0, 0.05) is 44.5 Å². The number of aliphatic hydroxyl groups is 1. The van der Waals surface area contributed by atoms with Crippen molar-refractivity contribution >= 4 is 17.5 Å². The summed E-state index contributed by atoms with van der Waals surface area (Å²) < 4.78 is 24.8. The van der Waals surface area contributed by atoms with E-state index < -0.39 is 12.1 Å². The van der Waals surface area contributed by atoms with Crippen molar-refractivity contribution in [2.45, 2.75) is 50.2 Å². The van der Waals surface area contributed by atoms with Gasteiger partial charge >= 0.3 is 0 Å². The molecule has 0 saturated carbocycles. The number of ether oxygens (including phenoxy) is 4. The molecule has 1 N–H and O–H groups in total. The molecule has 0 bridgehead atoms. The fourth-order valence-corrected chi connectivity index (χ4v) is 6.39. The maximum atomic E-state index is 13.0. The molecular weight excluding hydrogens is 536 g/mol. The molecule has 4 aliphatic heterocycles. The van der Waals surface area contributed by atoms with Crippen LogP contribution in [-0.4, -0.2) is 66.6 Å². The Labute approximate surface area is 244 Å². The summed E-state index contributed by atoms with van der Waals surface area (Å²) in [4.78, 5) is 29.6. The summed E-state index contributed by atoms with van der Waals surface area (Å²) in [6.07, 6.45) is 1.46. The van der Waals surface area contributed by atoms with E-state index in [1.165, 1.54) is 4.90 Å². The first-order valence-corrected chi connectivity index (χ1v) is 14.6. The van der Waals surface area contributed by atoms with Crippen molar-refractivity contribution < 1.29 is 33.6 Å². The third-order valence-corrected chi connectivity index (χ3v) is 8.73. The molecule has 9 heteroatoms. The van der Waals surface area contributed by atoms with Crippen molar-refractivity contribution in [1.29, 1.82) is 0 Å². The number of likely N-dealkylation sites (tertiary alicyclic amines) is 1. The largest absolute Gasteiger partial charge is 0.392 e. The number of anilines is 1. The van der Waals surface area contributed by atoms with Crippen molar-refractivity contribution in [2.24, 2.45) is 0 Å². The summed E-state index contributed by atoms with van der Waals surface area (Å²) in [7, 11) is 0. The monoisotopic (exact) mass is 570 g/mol. The van der Waals surface area contributed by atoms with Crippen LogP contribution in [0.2, 0.25) is 0 Å². The van der Waals surface area contributed by atoms with Crippen LogP contribution in [0.1, 0.15) is 69.1 Å². The minimum atomic E-state index is -0.625. The third kappa shape index (κ3) is 5.17. The molecule has 3 atom stereocenters. The summed E-state index contributed by atoms with van der Waals surface area (Å²) in [6.45, 7) is 3.81. The molecule has 42 heavy (non-hydrogen) atoms. The Kier molecular flexibility index (Phi) is 7.39. The quantitative estimate of drug-likeness (QED) is 0.437. The number of piperidine rings is 1. The smallest absolute Gasteiger partial charge is 0.266 e. The summed E-state index contributed by atoms with van der Waals surface area (Å²) in [5.74, 6) is -1.07. The maximum Gasteiger partial charge on any atom is 0.266 e. The van der Waals surface area contributed by atoms with Crippen molar-refractivity contribution in [1.82, 2.24) is 4.90 Å². The van der Waals surface area contributed by atoms with E-state index in [-0.39, 0.29) is 30.6 Å². The van der Waals surface area contributed by atoms with Crippen LogP contribution >= 0.6 is 0 Å². The Hall–Kier alpha value is -3.44. The molecule has 3 unspecified atom stereocenters. The Morgan fingerprint density at radius 1 is 0.786 bits per heavy atom. The molecule has 2 amide bonds. The number of fused-ring (bicyclic) bond motifs is 1. The van der Waals surface area contributed by atoms with Gasteiger partial charge in [0.05, 0.1) is 48.8 Å². The molecule has 4 heterocycles. The fourth-order valence-electron chi connectivity index (χ4n) is 6.39. The van der Waals surface area contributed by atoms with Gasteiger partial charge in [-0.2, -0.15) is 0 Å². The number of benzene rings is 3. The van der Waals surface area contributed by atoms with E-state index in [2.05, 4.69) is 4.90 Å². The first kappa shape index (κ1) is 27.4. The van der Waals surface area contributed by atoms with E-state index >= 15 is 0 Å². The molecular formula is C33H34N2O7. The molecule has 1 spiro atoms. The van der Waals surface area contributed by atoms with Crippen LogP contribution in [0.5, 0.6) is 0 Å². The number of hydrogen-bond acceptors (Lipinski definition) is 8. The lowest BCUT2D eigenvalue weighted by atomic mass is 9.98. The average Bonchev–Trinajstić information content (AvgIpc) is 3.60. The van der Waals surface area contributed by atoms with Crippen LogP contribution in [0, 0.1) is 0 Å². The topological polar surface area (TPSA) is 97.8 Å². The zero-order chi connectivity index (χ0) is 28.7. The fraction of sp³-hybridized carbons (Fsp3) is 0.394. The number of carbonyl (C=O) groups is 2. The number of nitrogens with zero attached hydrogens (tertiary/aromatic N) is 2. The number of aliphatic hydroxyl groups excluding tert-OH is 1. The number of amides is 2. The number of carbonyl (C=O) groups excluding carboxylic acids is 2. The van der Waals surface area contributed by atoms with Crippen LogP contribution in [0.4, 0.5) is 5.69 Å². The van der Waals surface area contributed by atoms with Gasteiger partial charge in [-0.1, -0.05) is 48.5 Å². The Morgan fingerprint density at radius 3 is 2.02 bits per heavy atom. The third-order valence-electron chi connectivity index (χ3n) is 8.73. The predicted molar refractivity (Wildman–Crippen MR) is 153 cm³/mol. The minimum absolute atomic E-state index is 0.0104. The molecule has 0 aromatic heterocycles. The van der Waals surface area contributed by atoms with Crippen molar-refractivity contribution in [2.75, 3.05) is 37.7 Å². The standard InChI is InChI=1S/C33H34N2O7/c36-21-22-5-7-23(8-6-22)29-19-26(20-34-15-13-33(14-16-34)39-17-18-40-33)41-32(42-29)24-9-11-25(12-10-24)35-30(37)27-3-1-2-4-28(27)31(35)38/h1-12,26,29,32,36H,13-21H2. The van der Waals surface area contributed by atoms with Gasteiger partial charge in [-0.05, 0) is 35.4 Å². The van der Waals surface area contributed by atoms with Crippen LogP contribution in [0.15, 0.2) is 72.8 Å². The summed E-state index contributed by atoms with van der Waals surface area (Å²) in [5.41, 5.74) is 4.02. The molecule has 0 radical (unpaired) electrons. The molecule has 4 aliphatic rings. The number of rotatable bonds is 6. The van der Waals surface area contributed by atoms with Crippen LogP contribution < -0.4 is 4.90 Å². The zero-order valence-electron chi connectivity index (χ0n) is 23.3. The predicted octanol–water partition coefficient (Wildman–Crippen LogP) is 4.36. The van der Waals surface area contributed by atoms with Crippen LogP contribution in [-0.2, 0) is 25.6 Å². The van der Waals surface area contributed by atoms with E-state index in [1.807, 2.05) is 36.4 Å². The molecule has 3 aromatic rings. The van der Waals surface area contributed by atoms with E-state index in [9.17, 15) is 14.7 Å². The van der Waals surface area contributed by atoms with E-state index in [4.69, 9.17) is 18.9 Å². The van der Waals surface area contributed by atoms with Crippen molar-refractivity contribution in [3.8, 4) is 0 Å². The summed E-state index contributed by atoms with van der Waals surface area (Å²) >= 11 is 0. The van der Waals surface area contributed by atoms with Gasteiger partial charge in [0.25, 0.3) is 11.8 Å². The molecule has 218 valence electrons. The highest BCUT2D eigenvalue weighted by Crippen LogP contribution is 2.40. The van der Waals surface area contributed by atoms with Gasteiger partial charge < -0.3 is 29.0 Å². The maximum absolute atomic E-state index is 13.0.